The number of halogens is 3. The zero-order valence-corrected chi connectivity index (χ0v) is 13.2. The molecule has 0 heterocycles. The first-order chi connectivity index (χ1) is 9.45. The van der Waals surface area contributed by atoms with Crippen molar-refractivity contribution in [3.63, 3.8) is 0 Å². The molecule has 4 nitrogen and oxygen atoms in total. The lowest BCUT2D eigenvalue weighted by Gasteiger charge is -2.09. The van der Waals surface area contributed by atoms with Gasteiger partial charge in [-0.1, -0.05) is 15.9 Å². The summed E-state index contributed by atoms with van der Waals surface area (Å²) in [6.45, 7) is 0.285. The second-order valence-corrected chi connectivity index (χ2v) is 5.82. The summed E-state index contributed by atoms with van der Waals surface area (Å²) in [6.07, 6.45) is 0. The third-order valence-electron chi connectivity index (χ3n) is 2.56. The van der Waals surface area contributed by atoms with Gasteiger partial charge in [0.15, 0.2) is 0 Å². The highest BCUT2D eigenvalue weighted by Gasteiger charge is 2.10. The standard InChI is InChI=1S/C13H9Br2FN2O2/c14-9-1-2-12(15)13(5-9)17-7-8-3-10(16)6-11(4-8)18(19)20/h1-6,17H,7H2. The Morgan fingerprint density at radius 1 is 1.20 bits per heavy atom. The van der Waals surface area contributed by atoms with Gasteiger partial charge in [-0.15, -0.1) is 0 Å². The summed E-state index contributed by atoms with van der Waals surface area (Å²) in [6, 6.07) is 9.12. The van der Waals surface area contributed by atoms with Gasteiger partial charge in [0.1, 0.15) is 5.82 Å². The number of benzene rings is 2. The molecule has 2 aromatic carbocycles. The fraction of sp³-hybridized carbons (Fsp3) is 0.0769. The number of nitrogens with one attached hydrogen (secondary N) is 1. The lowest BCUT2D eigenvalue weighted by molar-refractivity contribution is -0.385. The molecule has 0 aromatic heterocycles. The molecule has 0 radical (unpaired) electrons. The lowest BCUT2D eigenvalue weighted by Crippen LogP contribution is -2.01. The molecule has 2 aromatic rings. The van der Waals surface area contributed by atoms with Crippen LogP contribution in [-0.2, 0) is 6.54 Å². The van der Waals surface area contributed by atoms with Gasteiger partial charge in [-0.3, -0.25) is 10.1 Å². The molecule has 2 rings (SSSR count). The highest BCUT2D eigenvalue weighted by atomic mass is 79.9. The number of hydrogen-bond donors (Lipinski definition) is 1. The summed E-state index contributed by atoms with van der Waals surface area (Å²) in [4.78, 5) is 10.1. The minimum Gasteiger partial charge on any atom is -0.380 e. The van der Waals surface area contributed by atoms with Crippen LogP contribution in [0.4, 0.5) is 15.8 Å². The second kappa shape index (κ2) is 6.32. The Labute approximate surface area is 131 Å². The fourth-order valence-electron chi connectivity index (χ4n) is 1.67. The van der Waals surface area contributed by atoms with E-state index in [1.165, 1.54) is 12.1 Å². The summed E-state index contributed by atoms with van der Waals surface area (Å²) in [7, 11) is 0. The van der Waals surface area contributed by atoms with Crippen molar-refractivity contribution in [3.8, 4) is 0 Å². The van der Waals surface area contributed by atoms with E-state index in [4.69, 9.17) is 0 Å². The van der Waals surface area contributed by atoms with Crippen molar-refractivity contribution in [2.75, 3.05) is 5.32 Å². The van der Waals surface area contributed by atoms with E-state index in [1.807, 2.05) is 18.2 Å². The van der Waals surface area contributed by atoms with E-state index in [9.17, 15) is 14.5 Å². The number of nitro benzene ring substituents is 1. The monoisotopic (exact) mass is 402 g/mol. The van der Waals surface area contributed by atoms with Gasteiger partial charge in [-0.25, -0.2) is 4.39 Å². The molecule has 0 amide bonds. The van der Waals surface area contributed by atoms with Crippen LogP contribution < -0.4 is 5.32 Å². The molecule has 20 heavy (non-hydrogen) atoms. The van der Waals surface area contributed by atoms with Crippen molar-refractivity contribution < 1.29 is 9.31 Å². The average molecular weight is 404 g/mol. The highest BCUT2D eigenvalue weighted by Crippen LogP contribution is 2.27. The molecule has 7 heteroatoms. The maximum atomic E-state index is 13.3. The van der Waals surface area contributed by atoms with Crippen molar-refractivity contribution >= 4 is 43.2 Å². The van der Waals surface area contributed by atoms with E-state index >= 15 is 0 Å². The van der Waals surface area contributed by atoms with Crippen LogP contribution in [0.1, 0.15) is 5.56 Å². The molecule has 0 bridgehead atoms. The summed E-state index contributed by atoms with van der Waals surface area (Å²) >= 11 is 6.75. The van der Waals surface area contributed by atoms with Crippen LogP contribution in [0, 0.1) is 15.9 Å². The smallest absolute Gasteiger partial charge is 0.272 e. The number of hydrogen-bond acceptors (Lipinski definition) is 3. The molecule has 0 aliphatic carbocycles. The van der Waals surface area contributed by atoms with Crippen molar-refractivity contribution in [3.05, 3.63) is 66.8 Å². The van der Waals surface area contributed by atoms with Crippen LogP contribution >= 0.6 is 31.9 Å². The van der Waals surface area contributed by atoms with Crippen LogP contribution in [-0.4, -0.2) is 4.92 Å². The van der Waals surface area contributed by atoms with Gasteiger partial charge in [0.2, 0.25) is 0 Å². The van der Waals surface area contributed by atoms with Crippen LogP contribution in [0.15, 0.2) is 45.3 Å². The maximum absolute atomic E-state index is 13.3. The molecule has 0 aliphatic rings. The predicted octanol–water partition coefficient (Wildman–Crippen LogP) is 4.87. The SMILES string of the molecule is O=[N+]([O-])c1cc(F)cc(CNc2cc(Br)ccc2Br)c1. The Morgan fingerprint density at radius 3 is 2.65 bits per heavy atom. The van der Waals surface area contributed by atoms with Crippen molar-refractivity contribution in [1.82, 2.24) is 0 Å². The fourth-order valence-corrected chi connectivity index (χ4v) is 2.42. The van der Waals surface area contributed by atoms with Gasteiger partial charge in [0, 0.05) is 27.2 Å². The summed E-state index contributed by atoms with van der Waals surface area (Å²) in [5, 5.41) is 13.8. The average Bonchev–Trinajstić information content (AvgIpc) is 2.39. The van der Waals surface area contributed by atoms with Gasteiger partial charge in [0.25, 0.3) is 5.69 Å². The molecule has 0 spiro atoms. The van der Waals surface area contributed by atoms with E-state index in [-0.39, 0.29) is 12.2 Å². The minimum absolute atomic E-state index is 0.255. The molecule has 0 atom stereocenters. The number of rotatable bonds is 4. The number of non-ortho nitro benzene ring substituents is 1. The summed E-state index contributed by atoms with van der Waals surface area (Å²) < 4.78 is 15.1. The molecule has 0 fully saturated rings. The van der Waals surface area contributed by atoms with Crippen LogP contribution in [0.2, 0.25) is 0 Å². The number of anilines is 1. The van der Waals surface area contributed by atoms with Gasteiger partial charge < -0.3 is 5.32 Å². The molecule has 104 valence electrons. The maximum Gasteiger partial charge on any atom is 0.272 e. The van der Waals surface area contributed by atoms with Gasteiger partial charge in [-0.2, -0.15) is 0 Å². The van der Waals surface area contributed by atoms with E-state index in [0.29, 0.717) is 5.56 Å². The molecule has 1 N–H and O–H groups in total. The Morgan fingerprint density at radius 2 is 1.95 bits per heavy atom. The summed E-state index contributed by atoms with van der Waals surface area (Å²) in [5.41, 5.74) is 1.06. The van der Waals surface area contributed by atoms with Crippen molar-refractivity contribution in [1.29, 1.82) is 0 Å². The largest absolute Gasteiger partial charge is 0.380 e. The third-order valence-corrected chi connectivity index (χ3v) is 3.75. The molecular weight excluding hydrogens is 395 g/mol. The van der Waals surface area contributed by atoms with E-state index in [1.54, 1.807) is 0 Å². The molecular formula is C13H9Br2FN2O2. The van der Waals surface area contributed by atoms with Crippen molar-refractivity contribution in [2.24, 2.45) is 0 Å². The highest BCUT2D eigenvalue weighted by molar-refractivity contribution is 9.11. The first-order valence-corrected chi connectivity index (χ1v) is 7.17. The number of nitro groups is 1. The predicted molar refractivity (Wildman–Crippen MR) is 82.2 cm³/mol. The first kappa shape index (κ1) is 14.9. The Bertz CT molecular complexity index is 665. The zero-order chi connectivity index (χ0) is 14.7. The minimum atomic E-state index is -0.621. The van der Waals surface area contributed by atoms with E-state index < -0.39 is 10.7 Å². The zero-order valence-electron chi connectivity index (χ0n) is 10.1. The molecule has 0 saturated heterocycles. The Hall–Kier alpha value is -1.47. The normalized spacial score (nSPS) is 10.3. The molecule has 0 aliphatic heterocycles. The van der Waals surface area contributed by atoms with E-state index in [0.717, 1.165) is 20.7 Å². The summed E-state index contributed by atoms with van der Waals surface area (Å²) in [5.74, 6) is -0.621. The molecule has 0 unspecified atom stereocenters. The van der Waals surface area contributed by atoms with Crippen LogP contribution in [0.25, 0.3) is 0 Å². The van der Waals surface area contributed by atoms with Crippen LogP contribution in [0.3, 0.4) is 0 Å². The van der Waals surface area contributed by atoms with Gasteiger partial charge in [-0.05, 0) is 45.8 Å². The lowest BCUT2D eigenvalue weighted by atomic mass is 10.2. The topological polar surface area (TPSA) is 55.2 Å². The van der Waals surface area contributed by atoms with Gasteiger partial charge >= 0.3 is 0 Å². The van der Waals surface area contributed by atoms with Crippen LogP contribution in [0.5, 0.6) is 0 Å². The van der Waals surface area contributed by atoms with E-state index in [2.05, 4.69) is 37.2 Å². The second-order valence-electron chi connectivity index (χ2n) is 4.05. The number of nitrogens with zero attached hydrogens (tertiary/aromatic N) is 1. The third kappa shape index (κ3) is 3.77. The Balaban J connectivity index is 2.18. The Kier molecular flexibility index (Phi) is 4.72. The first-order valence-electron chi connectivity index (χ1n) is 5.58. The molecule has 0 saturated carbocycles. The van der Waals surface area contributed by atoms with Crippen molar-refractivity contribution in [2.45, 2.75) is 6.54 Å². The van der Waals surface area contributed by atoms with Gasteiger partial charge in [0.05, 0.1) is 11.0 Å². The quantitative estimate of drug-likeness (QED) is 0.585.